The standard InChI is InChI=1S/C13H19NO4S/c1-13(2,3)18-12(17)11(8-4-5-19-7-8)9(14)6-10(15)16/h4-5,7,9,11H,6,14H2,1-3H3,(H,15,16)/t9-,11+/m0/s1. The lowest BCUT2D eigenvalue weighted by Crippen LogP contribution is -2.39. The quantitative estimate of drug-likeness (QED) is 0.807. The van der Waals surface area contributed by atoms with E-state index >= 15 is 0 Å². The van der Waals surface area contributed by atoms with E-state index in [0.29, 0.717) is 5.56 Å². The van der Waals surface area contributed by atoms with Crippen LogP contribution in [0.5, 0.6) is 0 Å². The summed E-state index contributed by atoms with van der Waals surface area (Å²) in [5.74, 6) is -2.27. The predicted molar refractivity (Wildman–Crippen MR) is 73.1 cm³/mol. The Balaban J connectivity index is 2.93. The molecular weight excluding hydrogens is 266 g/mol. The smallest absolute Gasteiger partial charge is 0.315 e. The molecule has 0 aliphatic heterocycles. The molecule has 1 aromatic rings. The Morgan fingerprint density at radius 1 is 1.47 bits per heavy atom. The normalized spacial score (nSPS) is 14.7. The molecule has 0 saturated carbocycles. The molecule has 0 aliphatic rings. The Bertz CT molecular complexity index is 436. The summed E-state index contributed by atoms with van der Waals surface area (Å²) in [7, 11) is 0. The van der Waals surface area contributed by atoms with Gasteiger partial charge in [0.25, 0.3) is 0 Å². The van der Waals surface area contributed by atoms with E-state index < -0.39 is 29.5 Å². The molecule has 5 nitrogen and oxygen atoms in total. The molecule has 2 atom stereocenters. The maximum absolute atomic E-state index is 12.2. The van der Waals surface area contributed by atoms with Crippen molar-refractivity contribution in [1.82, 2.24) is 0 Å². The lowest BCUT2D eigenvalue weighted by molar-refractivity contribution is -0.157. The minimum Gasteiger partial charge on any atom is -0.481 e. The second-order valence-electron chi connectivity index (χ2n) is 5.33. The Morgan fingerprint density at radius 2 is 2.11 bits per heavy atom. The summed E-state index contributed by atoms with van der Waals surface area (Å²) >= 11 is 1.43. The Hall–Kier alpha value is -1.40. The van der Waals surface area contributed by atoms with E-state index in [1.165, 1.54) is 11.3 Å². The first-order valence-electron chi connectivity index (χ1n) is 5.93. The summed E-state index contributed by atoms with van der Waals surface area (Å²) in [6.45, 7) is 5.29. The maximum Gasteiger partial charge on any atom is 0.315 e. The van der Waals surface area contributed by atoms with Crippen LogP contribution in [-0.2, 0) is 14.3 Å². The van der Waals surface area contributed by atoms with Crippen molar-refractivity contribution in [2.45, 2.75) is 44.8 Å². The van der Waals surface area contributed by atoms with Crippen LogP contribution < -0.4 is 5.73 Å². The van der Waals surface area contributed by atoms with Crippen LogP contribution in [0.1, 0.15) is 38.7 Å². The van der Waals surface area contributed by atoms with Gasteiger partial charge in [-0.25, -0.2) is 0 Å². The molecule has 0 saturated heterocycles. The van der Waals surface area contributed by atoms with Gasteiger partial charge in [-0.05, 0) is 43.2 Å². The average molecular weight is 285 g/mol. The molecule has 0 bridgehead atoms. The van der Waals surface area contributed by atoms with Crippen molar-refractivity contribution in [3.63, 3.8) is 0 Å². The van der Waals surface area contributed by atoms with Crippen molar-refractivity contribution >= 4 is 23.3 Å². The average Bonchev–Trinajstić information content (AvgIpc) is 2.66. The van der Waals surface area contributed by atoms with Gasteiger partial charge in [0.05, 0.1) is 12.3 Å². The van der Waals surface area contributed by atoms with Crippen molar-refractivity contribution < 1.29 is 19.4 Å². The highest BCUT2D eigenvalue weighted by molar-refractivity contribution is 7.08. The van der Waals surface area contributed by atoms with Crippen LogP contribution in [0.25, 0.3) is 0 Å². The van der Waals surface area contributed by atoms with Crippen LogP contribution in [0.3, 0.4) is 0 Å². The highest BCUT2D eigenvalue weighted by Gasteiger charge is 2.33. The number of hydrogen-bond donors (Lipinski definition) is 2. The zero-order chi connectivity index (χ0) is 14.6. The van der Waals surface area contributed by atoms with Gasteiger partial charge in [-0.1, -0.05) is 0 Å². The van der Waals surface area contributed by atoms with Crippen molar-refractivity contribution in [3.05, 3.63) is 22.4 Å². The molecule has 0 spiro atoms. The topological polar surface area (TPSA) is 89.6 Å². The monoisotopic (exact) mass is 285 g/mol. The molecule has 0 fully saturated rings. The van der Waals surface area contributed by atoms with E-state index in [4.69, 9.17) is 15.6 Å². The van der Waals surface area contributed by atoms with Crippen molar-refractivity contribution in [3.8, 4) is 0 Å². The molecular formula is C13H19NO4S. The number of nitrogens with two attached hydrogens (primary N) is 1. The van der Waals surface area contributed by atoms with E-state index in [-0.39, 0.29) is 6.42 Å². The summed E-state index contributed by atoms with van der Waals surface area (Å²) in [6.07, 6.45) is -0.278. The molecule has 0 aliphatic carbocycles. The molecule has 3 N–H and O–H groups in total. The summed E-state index contributed by atoms with van der Waals surface area (Å²) in [5.41, 5.74) is 5.92. The van der Waals surface area contributed by atoms with Gasteiger partial charge in [0.2, 0.25) is 0 Å². The lowest BCUT2D eigenvalue weighted by atomic mass is 9.92. The molecule has 1 rings (SSSR count). The molecule has 106 valence electrons. The first-order valence-corrected chi connectivity index (χ1v) is 6.87. The minimum atomic E-state index is -1.03. The van der Waals surface area contributed by atoms with Gasteiger partial charge in [-0.3, -0.25) is 9.59 Å². The molecule has 1 heterocycles. The highest BCUT2D eigenvalue weighted by atomic mass is 32.1. The summed E-state index contributed by atoms with van der Waals surface area (Å²) < 4.78 is 5.32. The minimum absolute atomic E-state index is 0.278. The number of carbonyl (C=O) groups excluding carboxylic acids is 1. The molecule has 1 aromatic heterocycles. The largest absolute Gasteiger partial charge is 0.481 e. The number of carbonyl (C=O) groups is 2. The number of hydrogen-bond acceptors (Lipinski definition) is 5. The summed E-state index contributed by atoms with van der Waals surface area (Å²) in [5, 5.41) is 12.4. The van der Waals surface area contributed by atoms with E-state index in [1.54, 1.807) is 32.2 Å². The van der Waals surface area contributed by atoms with Crippen LogP contribution >= 0.6 is 11.3 Å². The van der Waals surface area contributed by atoms with Gasteiger partial charge in [0.15, 0.2) is 0 Å². The fourth-order valence-electron chi connectivity index (χ4n) is 1.69. The lowest BCUT2D eigenvalue weighted by Gasteiger charge is -2.26. The number of ether oxygens (including phenoxy) is 1. The Morgan fingerprint density at radius 3 is 2.53 bits per heavy atom. The third kappa shape index (κ3) is 5.00. The van der Waals surface area contributed by atoms with Crippen LogP contribution in [0.2, 0.25) is 0 Å². The Labute approximate surface area is 116 Å². The van der Waals surface area contributed by atoms with Crippen LogP contribution in [-0.4, -0.2) is 28.7 Å². The molecule has 0 unspecified atom stereocenters. The van der Waals surface area contributed by atoms with E-state index in [2.05, 4.69) is 0 Å². The van der Waals surface area contributed by atoms with Crippen molar-refractivity contribution in [1.29, 1.82) is 0 Å². The second-order valence-corrected chi connectivity index (χ2v) is 6.11. The number of carboxylic acid groups (broad SMARTS) is 1. The number of esters is 1. The van der Waals surface area contributed by atoms with Crippen molar-refractivity contribution in [2.75, 3.05) is 0 Å². The van der Waals surface area contributed by atoms with Gasteiger partial charge in [0.1, 0.15) is 5.60 Å². The first kappa shape index (κ1) is 15.7. The van der Waals surface area contributed by atoms with Crippen LogP contribution in [0, 0.1) is 0 Å². The molecule has 0 aromatic carbocycles. The fourth-order valence-corrected chi connectivity index (χ4v) is 2.39. The van der Waals surface area contributed by atoms with E-state index in [9.17, 15) is 9.59 Å². The van der Waals surface area contributed by atoms with Crippen molar-refractivity contribution in [2.24, 2.45) is 5.73 Å². The fraction of sp³-hybridized carbons (Fsp3) is 0.538. The van der Waals surface area contributed by atoms with E-state index in [1.807, 2.05) is 5.38 Å². The first-order chi connectivity index (χ1) is 8.70. The van der Waals surface area contributed by atoms with Gasteiger partial charge in [-0.15, -0.1) is 0 Å². The zero-order valence-electron chi connectivity index (χ0n) is 11.3. The van der Waals surface area contributed by atoms with Gasteiger partial charge >= 0.3 is 11.9 Å². The SMILES string of the molecule is CC(C)(C)OC(=O)[C@H](c1ccsc1)[C@@H](N)CC(=O)O. The number of aliphatic carboxylic acids is 1. The maximum atomic E-state index is 12.2. The molecule has 19 heavy (non-hydrogen) atoms. The van der Waals surface area contributed by atoms with Gasteiger partial charge in [-0.2, -0.15) is 11.3 Å². The zero-order valence-corrected chi connectivity index (χ0v) is 12.1. The highest BCUT2D eigenvalue weighted by Crippen LogP contribution is 2.26. The molecule has 0 amide bonds. The number of rotatable bonds is 5. The number of thiophene rings is 1. The van der Waals surface area contributed by atoms with Gasteiger partial charge < -0.3 is 15.6 Å². The summed E-state index contributed by atoms with van der Waals surface area (Å²) in [4.78, 5) is 23.0. The second kappa shape index (κ2) is 6.16. The predicted octanol–water partition coefficient (Wildman–Crippen LogP) is 1.98. The van der Waals surface area contributed by atoms with Crippen LogP contribution in [0.15, 0.2) is 16.8 Å². The van der Waals surface area contributed by atoms with E-state index in [0.717, 1.165) is 0 Å². The van der Waals surface area contributed by atoms with Crippen LogP contribution in [0.4, 0.5) is 0 Å². The van der Waals surface area contributed by atoms with Gasteiger partial charge in [0, 0.05) is 6.04 Å². The summed E-state index contributed by atoms with van der Waals surface area (Å²) in [6, 6.07) is 0.961. The molecule has 0 radical (unpaired) electrons. The third-order valence-corrected chi connectivity index (χ3v) is 3.10. The Kier molecular flexibility index (Phi) is 5.08. The third-order valence-electron chi connectivity index (χ3n) is 2.40. The number of carboxylic acids is 1. The molecule has 6 heteroatoms.